The first-order valence-electron chi connectivity index (χ1n) is 13.0. The molecule has 0 saturated heterocycles. The average Bonchev–Trinajstić information content (AvgIpc) is 3.40. The number of unbranched alkanes of at least 4 members (excludes halogenated alkanes) is 2. The fourth-order valence-corrected chi connectivity index (χ4v) is 5.73. The lowest BCUT2D eigenvalue weighted by Crippen LogP contribution is -2.44. The smallest absolute Gasteiger partial charge is 0.322 e. The summed E-state index contributed by atoms with van der Waals surface area (Å²) in [6.45, 7) is 3.25. The van der Waals surface area contributed by atoms with Gasteiger partial charge in [0.05, 0.1) is 12.0 Å². The van der Waals surface area contributed by atoms with Crippen LogP contribution in [0.4, 0.5) is 0 Å². The van der Waals surface area contributed by atoms with E-state index in [1.54, 1.807) is 18.2 Å². The van der Waals surface area contributed by atoms with Crippen LogP contribution in [0.5, 0.6) is 17.2 Å². The van der Waals surface area contributed by atoms with Crippen molar-refractivity contribution in [2.24, 2.45) is 10.7 Å². The summed E-state index contributed by atoms with van der Waals surface area (Å²) in [5.74, 6) is 0.741. The fourth-order valence-electron chi connectivity index (χ4n) is 4.13. The highest BCUT2D eigenvalue weighted by Gasteiger charge is 2.36. The molecule has 0 unspecified atom stereocenters. The first-order chi connectivity index (χ1) is 18.7. The molecule has 214 valence electrons. The Labute approximate surface area is 230 Å². The second-order valence-electron chi connectivity index (χ2n) is 9.28. The Morgan fingerprint density at radius 2 is 1.85 bits per heavy atom. The van der Waals surface area contributed by atoms with Gasteiger partial charge in [0.2, 0.25) is 16.8 Å². The topological polar surface area (TPSA) is 144 Å². The summed E-state index contributed by atoms with van der Waals surface area (Å²) >= 11 is 0. The molecular weight excluding hydrogens is 524 g/mol. The second kappa shape index (κ2) is 14.0. The third-order valence-corrected chi connectivity index (χ3v) is 8.34. The zero-order valence-corrected chi connectivity index (χ0v) is 23.5. The zero-order valence-electron chi connectivity index (χ0n) is 22.7. The van der Waals surface area contributed by atoms with Gasteiger partial charge in [-0.25, -0.2) is 8.42 Å². The minimum atomic E-state index is -4.19. The van der Waals surface area contributed by atoms with E-state index in [0.29, 0.717) is 48.2 Å². The summed E-state index contributed by atoms with van der Waals surface area (Å²) in [6.07, 6.45) is 3.18. The second-order valence-corrected chi connectivity index (χ2v) is 11.2. The van der Waals surface area contributed by atoms with Crippen LogP contribution in [0, 0.1) is 0 Å². The summed E-state index contributed by atoms with van der Waals surface area (Å²) in [4.78, 5) is 18.7. The SMILES string of the molecule is CCCCN(C)C(N)=NCCCC[C@H](C(=O)O)N(Cc1ccc2c(c1)OCO2)S(=O)(=O)c1ccc(OC)cc1. The van der Waals surface area contributed by atoms with Crippen LogP contribution in [0.15, 0.2) is 52.4 Å². The van der Waals surface area contributed by atoms with Crippen LogP contribution in [-0.2, 0) is 21.4 Å². The maximum absolute atomic E-state index is 13.8. The molecule has 1 heterocycles. The zero-order chi connectivity index (χ0) is 28.4. The number of aliphatic imine (C=N–C) groups is 1. The highest BCUT2D eigenvalue weighted by Crippen LogP contribution is 2.34. The van der Waals surface area contributed by atoms with E-state index in [1.807, 2.05) is 11.9 Å². The Morgan fingerprint density at radius 1 is 1.13 bits per heavy atom. The van der Waals surface area contributed by atoms with Crippen LogP contribution in [0.2, 0.25) is 0 Å². The molecule has 0 aliphatic carbocycles. The molecular formula is C27H38N4O7S. The monoisotopic (exact) mass is 562 g/mol. The Bertz CT molecular complexity index is 1240. The van der Waals surface area contributed by atoms with Gasteiger partial charge in [-0.05, 0) is 67.6 Å². The normalized spacial score (nSPS) is 13.9. The molecule has 0 bridgehead atoms. The van der Waals surface area contributed by atoms with Gasteiger partial charge in [0.25, 0.3) is 0 Å². The Balaban J connectivity index is 1.80. The number of carbonyl (C=O) groups is 1. The van der Waals surface area contributed by atoms with Gasteiger partial charge in [0.15, 0.2) is 17.5 Å². The van der Waals surface area contributed by atoms with E-state index in [4.69, 9.17) is 19.9 Å². The number of nitrogens with two attached hydrogens (primary N) is 1. The molecule has 3 rings (SSSR count). The number of rotatable bonds is 15. The third-order valence-electron chi connectivity index (χ3n) is 6.47. The minimum absolute atomic E-state index is 0.0252. The van der Waals surface area contributed by atoms with E-state index < -0.39 is 22.0 Å². The summed E-state index contributed by atoms with van der Waals surface area (Å²) in [6, 6.07) is 9.64. The maximum Gasteiger partial charge on any atom is 0.322 e. The van der Waals surface area contributed by atoms with Gasteiger partial charge in [0, 0.05) is 26.7 Å². The molecule has 0 spiro atoms. The van der Waals surface area contributed by atoms with Crippen LogP contribution in [0.1, 0.15) is 44.6 Å². The number of aliphatic carboxylic acids is 1. The molecule has 1 atom stereocenters. The highest BCUT2D eigenvalue weighted by atomic mass is 32.2. The summed E-state index contributed by atoms with van der Waals surface area (Å²) < 4.78 is 44.5. The lowest BCUT2D eigenvalue weighted by atomic mass is 10.1. The molecule has 1 aliphatic rings. The third kappa shape index (κ3) is 7.99. The molecule has 2 aromatic carbocycles. The molecule has 0 fully saturated rings. The van der Waals surface area contributed by atoms with Gasteiger partial charge < -0.3 is 30.0 Å². The Hall–Kier alpha value is -3.51. The maximum atomic E-state index is 13.8. The first-order valence-corrected chi connectivity index (χ1v) is 14.4. The lowest BCUT2D eigenvalue weighted by molar-refractivity contribution is -0.141. The van der Waals surface area contributed by atoms with Crippen molar-refractivity contribution in [3.8, 4) is 17.2 Å². The molecule has 1 aliphatic heterocycles. The summed E-state index contributed by atoms with van der Waals surface area (Å²) in [5, 5.41) is 10.1. The van der Waals surface area contributed by atoms with E-state index in [2.05, 4.69) is 11.9 Å². The van der Waals surface area contributed by atoms with Crippen LogP contribution in [0.3, 0.4) is 0 Å². The lowest BCUT2D eigenvalue weighted by Gasteiger charge is -2.28. The molecule has 39 heavy (non-hydrogen) atoms. The van der Waals surface area contributed by atoms with E-state index in [0.717, 1.165) is 23.7 Å². The van der Waals surface area contributed by atoms with Crippen molar-refractivity contribution in [2.45, 2.75) is 56.5 Å². The van der Waals surface area contributed by atoms with Gasteiger partial charge >= 0.3 is 5.97 Å². The van der Waals surface area contributed by atoms with Crippen molar-refractivity contribution >= 4 is 22.0 Å². The molecule has 11 nitrogen and oxygen atoms in total. The van der Waals surface area contributed by atoms with Crippen molar-refractivity contribution in [3.05, 3.63) is 48.0 Å². The number of carboxylic acid groups (broad SMARTS) is 1. The fraction of sp³-hybridized carbons (Fsp3) is 0.481. The van der Waals surface area contributed by atoms with Gasteiger partial charge in [-0.15, -0.1) is 0 Å². The number of methoxy groups -OCH3 is 1. The van der Waals surface area contributed by atoms with Gasteiger partial charge in [-0.1, -0.05) is 19.4 Å². The van der Waals surface area contributed by atoms with Crippen molar-refractivity contribution in [2.75, 3.05) is 34.0 Å². The molecule has 0 amide bonds. The Morgan fingerprint density at radius 3 is 2.51 bits per heavy atom. The van der Waals surface area contributed by atoms with E-state index in [1.165, 1.54) is 31.4 Å². The summed E-state index contributed by atoms with van der Waals surface area (Å²) in [5.41, 5.74) is 6.61. The number of fused-ring (bicyclic) bond motifs is 1. The largest absolute Gasteiger partial charge is 0.497 e. The summed E-state index contributed by atoms with van der Waals surface area (Å²) in [7, 11) is -0.823. The number of benzene rings is 2. The number of carboxylic acids is 1. The number of sulfonamides is 1. The van der Waals surface area contributed by atoms with Crippen LogP contribution in [0.25, 0.3) is 0 Å². The quantitative estimate of drug-likeness (QED) is 0.190. The predicted octanol–water partition coefficient (Wildman–Crippen LogP) is 3.28. The Kier molecular flexibility index (Phi) is 10.8. The van der Waals surface area contributed by atoms with Crippen LogP contribution >= 0.6 is 0 Å². The molecule has 2 aromatic rings. The number of hydrogen-bond donors (Lipinski definition) is 2. The molecule has 0 radical (unpaired) electrons. The van der Waals surface area contributed by atoms with Gasteiger partial charge in [0.1, 0.15) is 11.8 Å². The molecule has 0 aromatic heterocycles. The molecule has 3 N–H and O–H groups in total. The molecule has 0 saturated carbocycles. The number of guanidine groups is 1. The van der Waals surface area contributed by atoms with E-state index in [-0.39, 0.29) is 24.7 Å². The highest BCUT2D eigenvalue weighted by molar-refractivity contribution is 7.89. The predicted molar refractivity (Wildman–Crippen MR) is 148 cm³/mol. The van der Waals surface area contributed by atoms with Crippen molar-refractivity contribution < 1.29 is 32.5 Å². The number of hydrogen-bond acceptors (Lipinski definition) is 7. The van der Waals surface area contributed by atoms with E-state index in [9.17, 15) is 18.3 Å². The van der Waals surface area contributed by atoms with Crippen molar-refractivity contribution in [1.29, 1.82) is 0 Å². The number of nitrogens with zero attached hydrogens (tertiary/aromatic N) is 3. The van der Waals surface area contributed by atoms with Crippen molar-refractivity contribution in [1.82, 2.24) is 9.21 Å². The van der Waals surface area contributed by atoms with Gasteiger partial charge in [-0.2, -0.15) is 4.31 Å². The van der Waals surface area contributed by atoms with E-state index >= 15 is 0 Å². The van der Waals surface area contributed by atoms with Gasteiger partial charge in [-0.3, -0.25) is 9.79 Å². The standard InChI is InChI=1S/C27H38N4O7S/c1-4-5-16-30(2)27(28)29-15-7-6-8-23(26(32)33)31(18-20-9-14-24-25(17-20)38-19-37-24)39(34,35)22-12-10-21(36-3)11-13-22/h9-14,17,23H,4-8,15-16,18-19H2,1-3H3,(H2,28,29)(H,32,33)/t23-/m1/s1. The number of ether oxygens (including phenoxy) is 3. The van der Waals surface area contributed by atoms with Crippen molar-refractivity contribution in [3.63, 3.8) is 0 Å². The van der Waals surface area contributed by atoms with Crippen LogP contribution < -0.4 is 19.9 Å². The minimum Gasteiger partial charge on any atom is -0.497 e. The van der Waals surface area contributed by atoms with Crippen LogP contribution in [-0.4, -0.2) is 74.7 Å². The average molecular weight is 563 g/mol. The first kappa shape index (κ1) is 30.0. The molecule has 12 heteroatoms.